The van der Waals surface area contributed by atoms with E-state index in [1.165, 1.54) is 36.7 Å². The third-order valence-electron chi connectivity index (χ3n) is 6.31. The van der Waals surface area contributed by atoms with Gasteiger partial charge in [-0.1, -0.05) is 24.3 Å². The Morgan fingerprint density at radius 1 is 1.26 bits per heavy atom. The molecule has 1 aliphatic rings. The molecule has 11 heteroatoms. The monoisotopic (exact) mass is 556 g/mol. The summed E-state index contributed by atoms with van der Waals surface area (Å²) in [5, 5.41) is 24.3. The van der Waals surface area contributed by atoms with Crippen molar-refractivity contribution in [1.29, 1.82) is 0 Å². The van der Waals surface area contributed by atoms with E-state index in [0.717, 1.165) is 34.4 Å². The molecule has 0 radical (unpaired) electrons. The molecule has 4 rings (SSSR count). The number of aromatic carboxylic acids is 1. The molecule has 0 spiro atoms. The Hall–Kier alpha value is -3.83. The summed E-state index contributed by atoms with van der Waals surface area (Å²) in [5.74, 6) is -2.28. The van der Waals surface area contributed by atoms with Gasteiger partial charge in [0.2, 0.25) is 0 Å². The van der Waals surface area contributed by atoms with Crippen LogP contribution in [-0.4, -0.2) is 38.7 Å². The topological polar surface area (TPSA) is 108 Å². The number of aryl methyl sites for hydroxylation is 2. The Labute approximate surface area is 227 Å². The van der Waals surface area contributed by atoms with E-state index >= 15 is 0 Å². The summed E-state index contributed by atoms with van der Waals surface area (Å²) in [6.45, 7) is 3.40. The zero-order valence-electron chi connectivity index (χ0n) is 21.2. The van der Waals surface area contributed by atoms with Crippen LogP contribution in [-0.2, 0) is 12.0 Å². The van der Waals surface area contributed by atoms with Gasteiger partial charge in [-0.15, -0.1) is 11.3 Å². The number of carbonyl (C=O) groups is 1. The number of fused-ring (bicyclic) bond motifs is 1. The van der Waals surface area contributed by atoms with E-state index in [1.54, 1.807) is 24.4 Å². The van der Waals surface area contributed by atoms with Gasteiger partial charge in [-0.25, -0.2) is 19.8 Å². The fraction of sp³-hybridized carbons (Fsp3) is 0.286. The van der Waals surface area contributed by atoms with Crippen molar-refractivity contribution in [2.75, 3.05) is 5.32 Å². The van der Waals surface area contributed by atoms with Gasteiger partial charge in [-0.2, -0.15) is 13.2 Å². The standard InChI is InChI=1S/C28H27F3N4O3S/c1-3-5-20(28(29,30)31)9-11-32-16-34-24-13-17(2)12-22(35-24)23-15-33-26(39-23)27(38)10-4-6-18-14-19(25(36)37)7-8-21(18)27/h3,5,7-9,11-16,20,38H,4,6,10H2,1-2H3,(H,36,37)(H,32,34,35)/b5-3?,11-9-. The van der Waals surface area contributed by atoms with Crippen LogP contribution in [0, 0.1) is 12.8 Å². The number of halogens is 3. The van der Waals surface area contributed by atoms with Crippen molar-refractivity contribution in [3.8, 4) is 10.6 Å². The second-order valence-corrected chi connectivity index (χ2v) is 10.2. The van der Waals surface area contributed by atoms with Crippen LogP contribution >= 0.6 is 11.3 Å². The van der Waals surface area contributed by atoms with Gasteiger partial charge >= 0.3 is 12.1 Å². The lowest BCUT2D eigenvalue weighted by atomic mass is 9.79. The number of hydrogen-bond donors (Lipinski definition) is 3. The molecule has 2 heterocycles. The van der Waals surface area contributed by atoms with Gasteiger partial charge in [-0.05, 0) is 74.1 Å². The number of benzene rings is 1. The first-order valence-electron chi connectivity index (χ1n) is 12.2. The lowest BCUT2D eigenvalue weighted by Gasteiger charge is -2.33. The van der Waals surface area contributed by atoms with Crippen LogP contribution in [0.3, 0.4) is 0 Å². The maximum absolute atomic E-state index is 13.0. The number of nitrogens with one attached hydrogen (secondary N) is 1. The molecule has 1 aliphatic carbocycles. The molecule has 3 N–H and O–H groups in total. The number of rotatable bonds is 8. The zero-order valence-corrected chi connectivity index (χ0v) is 22.1. The van der Waals surface area contributed by atoms with E-state index in [2.05, 4.69) is 20.3 Å². The molecule has 204 valence electrons. The minimum atomic E-state index is -4.39. The number of aliphatic hydroxyl groups is 1. The van der Waals surface area contributed by atoms with Crippen molar-refractivity contribution in [3.05, 3.63) is 88.2 Å². The van der Waals surface area contributed by atoms with Crippen molar-refractivity contribution in [2.24, 2.45) is 10.9 Å². The highest BCUT2D eigenvalue weighted by Gasteiger charge is 2.39. The molecule has 39 heavy (non-hydrogen) atoms. The lowest BCUT2D eigenvalue weighted by Crippen LogP contribution is -2.32. The van der Waals surface area contributed by atoms with Gasteiger partial charge < -0.3 is 15.5 Å². The highest BCUT2D eigenvalue weighted by molar-refractivity contribution is 7.15. The summed E-state index contributed by atoms with van der Waals surface area (Å²) < 4.78 is 38.9. The predicted molar refractivity (Wildman–Crippen MR) is 145 cm³/mol. The molecular formula is C28H27F3N4O3S. The molecule has 2 unspecified atom stereocenters. The SMILES string of the molecule is CC=CC(/C=C\N=CNc1cc(C)cc(-c2cnc(C3(O)CCCc4cc(C(=O)O)ccc43)s2)n1)C(F)(F)F. The van der Waals surface area contributed by atoms with E-state index in [-0.39, 0.29) is 5.56 Å². The summed E-state index contributed by atoms with van der Waals surface area (Å²) in [5.41, 5.74) is 1.79. The molecule has 3 aromatic rings. The number of aromatic nitrogens is 2. The van der Waals surface area contributed by atoms with Crippen molar-refractivity contribution < 1.29 is 28.2 Å². The van der Waals surface area contributed by atoms with E-state index in [9.17, 15) is 28.2 Å². The molecule has 0 bridgehead atoms. The number of carboxylic acids is 1. The molecule has 7 nitrogen and oxygen atoms in total. The van der Waals surface area contributed by atoms with Gasteiger partial charge in [0.1, 0.15) is 16.4 Å². The first-order valence-corrected chi connectivity index (χ1v) is 13.0. The molecular weight excluding hydrogens is 529 g/mol. The average molecular weight is 557 g/mol. The van der Waals surface area contributed by atoms with Crippen LogP contribution in [0.4, 0.5) is 19.0 Å². The van der Waals surface area contributed by atoms with Gasteiger partial charge in [0, 0.05) is 12.4 Å². The van der Waals surface area contributed by atoms with E-state index in [0.29, 0.717) is 41.3 Å². The van der Waals surface area contributed by atoms with Crippen LogP contribution in [0.5, 0.6) is 0 Å². The molecule has 0 aliphatic heterocycles. The van der Waals surface area contributed by atoms with Gasteiger partial charge in [0.25, 0.3) is 0 Å². The van der Waals surface area contributed by atoms with Crippen LogP contribution in [0.1, 0.15) is 51.8 Å². The number of anilines is 1. The van der Waals surface area contributed by atoms with E-state index in [4.69, 9.17) is 0 Å². The third kappa shape index (κ3) is 6.43. The number of hydrogen-bond acceptors (Lipinski definition) is 6. The van der Waals surface area contributed by atoms with Crippen molar-refractivity contribution in [1.82, 2.24) is 9.97 Å². The van der Waals surface area contributed by atoms with E-state index in [1.807, 2.05) is 13.0 Å². The molecule has 0 amide bonds. The summed E-state index contributed by atoms with van der Waals surface area (Å²) in [6, 6.07) is 8.39. The van der Waals surface area contributed by atoms with Crippen LogP contribution in [0.2, 0.25) is 0 Å². The normalized spacial score (nSPS) is 18.6. The quantitative estimate of drug-likeness (QED) is 0.166. The largest absolute Gasteiger partial charge is 0.478 e. The minimum Gasteiger partial charge on any atom is -0.478 e. The van der Waals surface area contributed by atoms with Crippen molar-refractivity contribution >= 4 is 29.5 Å². The summed E-state index contributed by atoms with van der Waals surface area (Å²) in [7, 11) is 0. The first-order chi connectivity index (χ1) is 18.5. The minimum absolute atomic E-state index is 0.179. The Morgan fingerprint density at radius 2 is 2.05 bits per heavy atom. The number of thiazole rings is 1. The van der Waals surface area contributed by atoms with Crippen LogP contribution < -0.4 is 5.32 Å². The number of aliphatic imine (C=N–C) groups is 1. The fourth-order valence-electron chi connectivity index (χ4n) is 4.46. The zero-order chi connectivity index (χ0) is 28.2. The Bertz CT molecular complexity index is 1450. The van der Waals surface area contributed by atoms with Crippen LogP contribution in [0.25, 0.3) is 10.6 Å². The second kappa shape index (κ2) is 11.5. The number of allylic oxidation sites excluding steroid dienone is 3. The summed E-state index contributed by atoms with van der Waals surface area (Å²) in [6.07, 6.45) is 4.76. The summed E-state index contributed by atoms with van der Waals surface area (Å²) >= 11 is 1.30. The maximum Gasteiger partial charge on any atom is 0.398 e. The maximum atomic E-state index is 13.0. The van der Waals surface area contributed by atoms with Gasteiger partial charge in [-0.3, -0.25) is 0 Å². The Kier molecular flexibility index (Phi) is 8.31. The molecule has 0 fully saturated rings. The predicted octanol–water partition coefficient (Wildman–Crippen LogP) is 6.49. The molecule has 0 saturated heterocycles. The number of alkyl halides is 3. The Morgan fingerprint density at radius 3 is 2.77 bits per heavy atom. The Balaban J connectivity index is 1.54. The fourth-order valence-corrected chi connectivity index (χ4v) is 5.47. The number of pyridine rings is 1. The highest BCUT2D eigenvalue weighted by atomic mass is 32.1. The smallest absolute Gasteiger partial charge is 0.398 e. The van der Waals surface area contributed by atoms with Crippen LogP contribution in [0.15, 0.2) is 65.9 Å². The molecule has 2 atom stereocenters. The molecule has 0 saturated carbocycles. The van der Waals surface area contributed by atoms with Crippen molar-refractivity contribution in [2.45, 2.75) is 44.9 Å². The molecule has 1 aromatic carbocycles. The molecule has 2 aromatic heterocycles. The van der Waals surface area contributed by atoms with E-state index < -0.39 is 23.7 Å². The lowest BCUT2D eigenvalue weighted by molar-refractivity contribution is -0.148. The average Bonchev–Trinajstić information content (AvgIpc) is 3.38. The number of carboxylic acid groups (broad SMARTS) is 1. The third-order valence-corrected chi connectivity index (χ3v) is 7.48. The van der Waals surface area contributed by atoms with Crippen molar-refractivity contribution in [3.63, 3.8) is 0 Å². The highest BCUT2D eigenvalue weighted by Crippen LogP contribution is 2.43. The van der Waals surface area contributed by atoms with Gasteiger partial charge in [0.05, 0.1) is 28.4 Å². The first kappa shape index (κ1) is 28.2. The number of nitrogens with zero attached hydrogens (tertiary/aromatic N) is 3. The second-order valence-electron chi connectivity index (χ2n) is 9.19. The van der Waals surface area contributed by atoms with Gasteiger partial charge in [0.15, 0.2) is 0 Å². The summed E-state index contributed by atoms with van der Waals surface area (Å²) in [4.78, 5) is 25.0.